The van der Waals surface area contributed by atoms with Crippen molar-refractivity contribution in [2.24, 2.45) is 4.99 Å². The summed E-state index contributed by atoms with van der Waals surface area (Å²) >= 11 is 0. The molecular formula is C19H15F2NO3. The largest absolute Gasteiger partial charge is 0.494 e. The summed E-state index contributed by atoms with van der Waals surface area (Å²) in [5.41, 5.74) is 1.50. The average molecular weight is 343 g/mol. The first-order valence-corrected chi connectivity index (χ1v) is 7.64. The zero-order valence-corrected chi connectivity index (χ0v) is 13.5. The highest BCUT2D eigenvalue weighted by atomic mass is 19.1. The number of nitrogens with zero attached hydrogens (tertiary/aromatic N) is 1. The van der Waals surface area contributed by atoms with Crippen LogP contribution in [0.25, 0.3) is 6.08 Å². The SMILES string of the molecule is COc1ccc(/C=C2/N=C(CCc3ccc(F)cc3)OC2=O)cc1F. The molecule has 25 heavy (non-hydrogen) atoms. The molecule has 0 radical (unpaired) electrons. The number of halogens is 2. The maximum absolute atomic E-state index is 13.7. The highest BCUT2D eigenvalue weighted by Gasteiger charge is 2.22. The molecule has 1 aliphatic heterocycles. The lowest BCUT2D eigenvalue weighted by Gasteiger charge is -2.01. The minimum Gasteiger partial charge on any atom is -0.494 e. The van der Waals surface area contributed by atoms with Crippen molar-refractivity contribution in [2.45, 2.75) is 12.8 Å². The number of rotatable bonds is 5. The fraction of sp³-hybridized carbons (Fsp3) is 0.158. The maximum atomic E-state index is 13.7. The Morgan fingerprint density at radius 1 is 1.12 bits per heavy atom. The van der Waals surface area contributed by atoms with Crippen LogP contribution in [0.4, 0.5) is 8.78 Å². The topological polar surface area (TPSA) is 47.9 Å². The smallest absolute Gasteiger partial charge is 0.363 e. The molecule has 0 fully saturated rings. The van der Waals surface area contributed by atoms with Gasteiger partial charge in [-0.25, -0.2) is 18.6 Å². The summed E-state index contributed by atoms with van der Waals surface area (Å²) in [4.78, 5) is 16.0. The van der Waals surface area contributed by atoms with Crippen molar-refractivity contribution < 1.29 is 23.0 Å². The molecule has 0 bridgehead atoms. The minimum atomic E-state index is -0.578. The van der Waals surface area contributed by atoms with Gasteiger partial charge in [0.15, 0.2) is 23.2 Å². The number of hydrogen-bond acceptors (Lipinski definition) is 4. The van der Waals surface area contributed by atoms with Gasteiger partial charge in [-0.3, -0.25) is 0 Å². The summed E-state index contributed by atoms with van der Waals surface area (Å²) in [6, 6.07) is 10.4. The molecular weight excluding hydrogens is 328 g/mol. The van der Waals surface area contributed by atoms with E-state index in [4.69, 9.17) is 9.47 Å². The van der Waals surface area contributed by atoms with E-state index in [1.807, 2.05) is 0 Å². The number of methoxy groups -OCH3 is 1. The first kappa shape index (κ1) is 16.8. The van der Waals surface area contributed by atoms with Crippen molar-refractivity contribution in [3.63, 3.8) is 0 Å². The molecule has 0 N–H and O–H groups in total. The van der Waals surface area contributed by atoms with Crippen LogP contribution in [0.3, 0.4) is 0 Å². The molecule has 0 amide bonds. The molecule has 0 aliphatic carbocycles. The maximum Gasteiger partial charge on any atom is 0.363 e. The average Bonchev–Trinajstić information content (AvgIpc) is 2.94. The molecule has 6 heteroatoms. The van der Waals surface area contributed by atoms with Gasteiger partial charge in [-0.15, -0.1) is 0 Å². The highest BCUT2D eigenvalue weighted by Crippen LogP contribution is 2.22. The Balaban J connectivity index is 1.71. The van der Waals surface area contributed by atoms with E-state index < -0.39 is 11.8 Å². The molecule has 0 spiro atoms. The van der Waals surface area contributed by atoms with Crippen LogP contribution in [0.15, 0.2) is 53.2 Å². The molecule has 0 atom stereocenters. The zero-order valence-electron chi connectivity index (χ0n) is 13.5. The standard InChI is InChI=1S/C19H15F2NO3/c1-24-17-8-4-13(10-15(17)21)11-16-19(23)25-18(22-16)9-5-12-2-6-14(20)7-3-12/h2-4,6-8,10-11H,5,9H2,1H3/b16-11+. The van der Waals surface area contributed by atoms with Gasteiger partial charge in [-0.2, -0.15) is 0 Å². The third-order valence-corrected chi connectivity index (χ3v) is 3.68. The van der Waals surface area contributed by atoms with Crippen molar-refractivity contribution in [1.82, 2.24) is 0 Å². The molecule has 0 saturated heterocycles. The second kappa shape index (κ2) is 7.25. The molecule has 0 aromatic heterocycles. The lowest BCUT2D eigenvalue weighted by Crippen LogP contribution is -2.05. The molecule has 1 heterocycles. The molecule has 1 aliphatic rings. The van der Waals surface area contributed by atoms with Crippen molar-refractivity contribution in [3.05, 3.63) is 70.9 Å². The predicted molar refractivity (Wildman–Crippen MR) is 89.2 cm³/mol. The Kier molecular flexibility index (Phi) is 4.88. The Hall–Kier alpha value is -3.02. The van der Waals surface area contributed by atoms with E-state index in [0.29, 0.717) is 18.4 Å². The lowest BCUT2D eigenvalue weighted by molar-refractivity contribution is -0.130. The van der Waals surface area contributed by atoms with Crippen molar-refractivity contribution in [1.29, 1.82) is 0 Å². The molecule has 128 valence electrons. The monoisotopic (exact) mass is 343 g/mol. The van der Waals surface area contributed by atoms with E-state index in [1.54, 1.807) is 18.2 Å². The normalized spacial score (nSPS) is 15.2. The van der Waals surface area contributed by atoms with Gasteiger partial charge < -0.3 is 9.47 Å². The second-order valence-corrected chi connectivity index (χ2v) is 5.45. The quantitative estimate of drug-likeness (QED) is 0.611. The van der Waals surface area contributed by atoms with Gasteiger partial charge in [-0.1, -0.05) is 18.2 Å². The van der Waals surface area contributed by atoms with E-state index in [9.17, 15) is 13.6 Å². The Bertz CT molecular complexity index is 857. The number of cyclic esters (lactones) is 1. The number of esters is 1. The first-order chi connectivity index (χ1) is 12.0. The van der Waals surface area contributed by atoms with Crippen molar-refractivity contribution in [2.75, 3.05) is 7.11 Å². The first-order valence-electron chi connectivity index (χ1n) is 7.64. The summed E-state index contributed by atoms with van der Waals surface area (Å²) in [7, 11) is 1.38. The third-order valence-electron chi connectivity index (χ3n) is 3.68. The molecule has 0 saturated carbocycles. The predicted octanol–water partition coefficient (Wildman–Crippen LogP) is 3.90. The minimum absolute atomic E-state index is 0.110. The second-order valence-electron chi connectivity index (χ2n) is 5.45. The lowest BCUT2D eigenvalue weighted by atomic mass is 10.1. The summed E-state index contributed by atoms with van der Waals surface area (Å²) in [6.07, 6.45) is 2.43. The van der Waals surface area contributed by atoms with E-state index in [2.05, 4.69) is 4.99 Å². The van der Waals surface area contributed by atoms with Crippen molar-refractivity contribution >= 4 is 17.9 Å². The van der Waals surface area contributed by atoms with Gasteiger partial charge in [0.2, 0.25) is 0 Å². The number of benzene rings is 2. The number of ether oxygens (including phenoxy) is 2. The summed E-state index contributed by atoms with van der Waals surface area (Å²) < 4.78 is 36.5. The fourth-order valence-corrected chi connectivity index (χ4v) is 2.39. The number of hydrogen-bond donors (Lipinski definition) is 0. The van der Waals surface area contributed by atoms with Crippen LogP contribution < -0.4 is 4.74 Å². The molecule has 3 rings (SSSR count). The van der Waals surface area contributed by atoms with Crippen LogP contribution in [-0.4, -0.2) is 19.0 Å². The van der Waals surface area contributed by atoms with E-state index in [1.165, 1.54) is 37.5 Å². The molecule has 2 aromatic rings. The summed E-state index contributed by atoms with van der Waals surface area (Å²) in [6.45, 7) is 0. The fourth-order valence-electron chi connectivity index (χ4n) is 2.39. The Morgan fingerprint density at radius 3 is 2.56 bits per heavy atom. The number of aliphatic imine (C=N–C) groups is 1. The molecule has 2 aromatic carbocycles. The van der Waals surface area contributed by atoms with Gasteiger partial charge in [0, 0.05) is 6.42 Å². The van der Waals surface area contributed by atoms with Gasteiger partial charge in [-0.05, 0) is 47.9 Å². The van der Waals surface area contributed by atoms with E-state index in [-0.39, 0.29) is 23.2 Å². The number of aryl methyl sites for hydroxylation is 1. The molecule has 0 unspecified atom stereocenters. The van der Waals surface area contributed by atoms with E-state index in [0.717, 1.165) is 5.56 Å². The van der Waals surface area contributed by atoms with Gasteiger partial charge >= 0.3 is 5.97 Å². The van der Waals surface area contributed by atoms with Gasteiger partial charge in [0.25, 0.3) is 0 Å². The van der Waals surface area contributed by atoms with Gasteiger partial charge in [0.1, 0.15) is 5.82 Å². The highest BCUT2D eigenvalue weighted by molar-refractivity contribution is 6.07. The van der Waals surface area contributed by atoms with E-state index >= 15 is 0 Å². The Morgan fingerprint density at radius 2 is 1.88 bits per heavy atom. The van der Waals surface area contributed by atoms with Crippen molar-refractivity contribution in [3.8, 4) is 5.75 Å². The third kappa shape index (κ3) is 4.09. The number of carbonyl (C=O) groups excluding carboxylic acids is 1. The van der Waals surface area contributed by atoms with Crippen LogP contribution in [0.2, 0.25) is 0 Å². The van der Waals surface area contributed by atoms with Crippen LogP contribution in [-0.2, 0) is 16.0 Å². The summed E-state index contributed by atoms with van der Waals surface area (Å²) in [5.74, 6) is -0.992. The zero-order chi connectivity index (χ0) is 17.8. The number of carbonyl (C=O) groups is 1. The Labute approximate surface area is 143 Å². The molecule has 4 nitrogen and oxygen atoms in total. The van der Waals surface area contributed by atoms with Crippen LogP contribution in [0.1, 0.15) is 17.5 Å². The van der Waals surface area contributed by atoms with Crippen LogP contribution in [0, 0.1) is 11.6 Å². The van der Waals surface area contributed by atoms with Crippen LogP contribution in [0.5, 0.6) is 5.75 Å². The summed E-state index contributed by atoms with van der Waals surface area (Å²) in [5, 5.41) is 0. The van der Waals surface area contributed by atoms with Crippen LogP contribution >= 0.6 is 0 Å². The van der Waals surface area contributed by atoms with Gasteiger partial charge in [0.05, 0.1) is 7.11 Å².